The van der Waals surface area contributed by atoms with Crippen LogP contribution in [0.15, 0.2) is 0 Å². The van der Waals surface area contributed by atoms with Crippen molar-refractivity contribution in [2.75, 3.05) is 11.9 Å². The van der Waals surface area contributed by atoms with Gasteiger partial charge in [0.05, 0.1) is 27.2 Å². The summed E-state index contributed by atoms with van der Waals surface area (Å²) in [6, 6.07) is 0. The Morgan fingerprint density at radius 1 is 1.12 bits per heavy atom. The first-order valence-electron chi connectivity index (χ1n) is 6.97. The van der Waals surface area contributed by atoms with Gasteiger partial charge in [-0.25, -0.2) is 9.78 Å². The van der Waals surface area contributed by atoms with Crippen LogP contribution in [0.5, 0.6) is 0 Å². The number of esters is 1. The van der Waals surface area contributed by atoms with Gasteiger partial charge in [0.2, 0.25) is 0 Å². The Kier molecular flexibility index (Phi) is 6.56. The average molecular weight is 442 g/mol. The highest BCUT2D eigenvalue weighted by molar-refractivity contribution is 7.16. The SMILES string of the molecule is CCOC(=O)c1c(NC(=O)c2nc(Cl)c(Cl)c(Cl)c2Cl)sc(C)c1C. The maximum absolute atomic E-state index is 12.5. The van der Waals surface area contributed by atoms with Gasteiger partial charge in [-0.3, -0.25) is 4.79 Å². The Hall–Kier alpha value is -1.05. The first kappa shape index (κ1) is 20.3. The third-order valence-electron chi connectivity index (χ3n) is 3.29. The molecule has 2 aromatic heterocycles. The Labute approximate surface area is 168 Å². The lowest BCUT2D eigenvalue weighted by Gasteiger charge is -2.09. The molecule has 10 heteroatoms. The lowest BCUT2D eigenvalue weighted by Crippen LogP contribution is -2.17. The largest absolute Gasteiger partial charge is 0.462 e. The average Bonchev–Trinajstić information content (AvgIpc) is 2.83. The van der Waals surface area contributed by atoms with Gasteiger partial charge in [0, 0.05) is 4.88 Å². The number of hydrogen-bond acceptors (Lipinski definition) is 5. The summed E-state index contributed by atoms with van der Waals surface area (Å²) < 4.78 is 5.04. The highest BCUT2D eigenvalue weighted by Gasteiger charge is 2.25. The van der Waals surface area contributed by atoms with Crippen molar-refractivity contribution in [3.05, 3.63) is 41.9 Å². The molecule has 0 aliphatic carbocycles. The zero-order valence-corrected chi connectivity index (χ0v) is 17.1. The van der Waals surface area contributed by atoms with Crippen LogP contribution in [0.1, 0.15) is 38.2 Å². The smallest absolute Gasteiger partial charge is 0.341 e. The molecule has 2 rings (SSSR count). The fourth-order valence-corrected chi connectivity index (χ4v) is 3.82. The lowest BCUT2D eigenvalue weighted by atomic mass is 10.1. The molecule has 25 heavy (non-hydrogen) atoms. The molecule has 0 saturated heterocycles. The van der Waals surface area contributed by atoms with E-state index in [2.05, 4.69) is 10.3 Å². The molecule has 0 bridgehead atoms. The number of anilines is 1. The number of pyridine rings is 1. The van der Waals surface area contributed by atoms with Gasteiger partial charge in [-0.05, 0) is 26.3 Å². The third-order valence-corrected chi connectivity index (χ3v) is 6.09. The molecule has 2 aromatic rings. The Morgan fingerprint density at radius 2 is 1.76 bits per heavy atom. The molecule has 0 aliphatic heterocycles. The van der Waals surface area contributed by atoms with Gasteiger partial charge in [-0.15, -0.1) is 11.3 Å². The van der Waals surface area contributed by atoms with E-state index in [1.807, 2.05) is 6.92 Å². The molecule has 0 unspecified atom stereocenters. The normalized spacial score (nSPS) is 10.7. The number of amides is 1. The third kappa shape index (κ3) is 4.04. The first-order valence-corrected chi connectivity index (χ1v) is 9.30. The number of nitrogens with one attached hydrogen (secondary N) is 1. The first-order chi connectivity index (χ1) is 11.7. The maximum Gasteiger partial charge on any atom is 0.341 e. The van der Waals surface area contributed by atoms with Crippen molar-refractivity contribution in [1.82, 2.24) is 4.98 Å². The molecule has 0 radical (unpaired) electrons. The minimum atomic E-state index is -0.669. The van der Waals surface area contributed by atoms with Crippen LogP contribution in [-0.2, 0) is 4.74 Å². The summed E-state index contributed by atoms with van der Waals surface area (Å²) in [4.78, 5) is 29.4. The molecule has 1 amide bonds. The summed E-state index contributed by atoms with van der Waals surface area (Å²) >= 11 is 24.9. The van der Waals surface area contributed by atoms with Crippen LogP contribution < -0.4 is 5.32 Å². The van der Waals surface area contributed by atoms with Gasteiger partial charge >= 0.3 is 5.97 Å². The summed E-state index contributed by atoms with van der Waals surface area (Å²) in [5, 5.41) is 2.56. The van der Waals surface area contributed by atoms with Crippen molar-refractivity contribution < 1.29 is 14.3 Å². The maximum atomic E-state index is 12.5. The number of carbonyl (C=O) groups is 2. The zero-order valence-electron chi connectivity index (χ0n) is 13.3. The zero-order chi connectivity index (χ0) is 18.9. The summed E-state index contributed by atoms with van der Waals surface area (Å²) in [7, 11) is 0. The minimum Gasteiger partial charge on any atom is -0.462 e. The van der Waals surface area contributed by atoms with E-state index in [9.17, 15) is 9.59 Å². The van der Waals surface area contributed by atoms with E-state index in [-0.39, 0.29) is 32.5 Å². The number of aromatic nitrogens is 1. The molecule has 1 N–H and O–H groups in total. The number of carbonyl (C=O) groups excluding carboxylic acids is 2. The predicted molar refractivity (Wildman–Crippen MR) is 102 cm³/mol. The van der Waals surface area contributed by atoms with Gasteiger partial charge in [0.25, 0.3) is 5.91 Å². The van der Waals surface area contributed by atoms with Crippen LogP contribution in [0.3, 0.4) is 0 Å². The van der Waals surface area contributed by atoms with Crippen LogP contribution in [-0.4, -0.2) is 23.5 Å². The van der Waals surface area contributed by atoms with Crippen LogP contribution in [0.25, 0.3) is 0 Å². The summed E-state index contributed by atoms with van der Waals surface area (Å²) in [6.45, 7) is 5.52. The molecule has 134 valence electrons. The van der Waals surface area contributed by atoms with Crippen LogP contribution in [0.2, 0.25) is 20.2 Å². The number of aryl methyl sites for hydroxylation is 1. The van der Waals surface area contributed by atoms with Crippen molar-refractivity contribution in [1.29, 1.82) is 0 Å². The highest BCUT2D eigenvalue weighted by Crippen LogP contribution is 2.37. The second-order valence-electron chi connectivity index (χ2n) is 4.86. The van der Waals surface area contributed by atoms with Gasteiger partial charge in [-0.2, -0.15) is 0 Å². The number of thiophene rings is 1. The molecule has 0 fully saturated rings. The van der Waals surface area contributed by atoms with Gasteiger partial charge in [-0.1, -0.05) is 46.4 Å². The summed E-state index contributed by atoms with van der Waals surface area (Å²) in [5.74, 6) is -1.19. The van der Waals surface area contributed by atoms with Crippen LogP contribution in [0, 0.1) is 13.8 Å². The monoisotopic (exact) mass is 440 g/mol. The summed E-state index contributed by atoms with van der Waals surface area (Å²) in [5.41, 5.74) is 0.824. The fraction of sp³-hybridized carbons (Fsp3) is 0.267. The second-order valence-corrected chi connectivity index (χ2v) is 7.57. The Bertz CT molecular complexity index is 867. The van der Waals surface area contributed by atoms with Crippen molar-refractivity contribution >= 4 is 74.6 Å². The molecule has 0 saturated carbocycles. The van der Waals surface area contributed by atoms with Gasteiger partial charge in [0.15, 0.2) is 5.69 Å². The van der Waals surface area contributed by atoms with E-state index >= 15 is 0 Å². The van der Waals surface area contributed by atoms with E-state index < -0.39 is 11.9 Å². The minimum absolute atomic E-state index is 0.0418. The van der Waals surface area contributed by atoms with Crippen LogP contribution >= 0.6 is 57.7 Å². The van der Waals surface area contributed by atoms with E-state index in [0.29, 0.717) is 10.6 Å². The Morgan fingerprint density at radius 3 is 2.36 bits per heavy atom. The molecule has 0 atom stereocenters. The van der Waals surface area contributed by atoms with Crippen molar-refractivity contribution in [3.8, 4) is 0 Å². The van der Waals surface area contributed by atoms with E-state index in [1.54, 1.807) is 13.8 Å². The topological polar surface area (TPSA) is 68.3 Å². The standard InChI is InChI=1S/C15H12Cl4N2O3S/c1-4-24-15(23)7-5(2)6(3)25-14(7)21-13(22)11-9(17)8(16)10(18)12(19)20-11/h4H2,1-3H3,(H,21,22). The summed E-state index contributed by atoms with van der Waals surface area (Å²) in [6.07, 6.45) is 0. The second kappa shape index (κ2) is 8.10. The molecule has 0 spiro atoms. The molecule has 0 aliphatic rings. The van der Waals surface area contributed by atoms with E-state index in [4.69, 9.17) is 51.1 Å². The van der Waals surface area contributed by atoms with Crippen molar-refractivity contribution in [3.63, 3.8) is 0 Å². The molecule has 0 aromatic carbocycles. The van der Waals surface area contributed by atoms with E-state index in [1.165, 1.54) is 11.3 Å². The lowest BCUT2D eigenvalue weighted by molar-refractivity contribution is 0.0527. The van der Waals surface area contributed by atoms with Crippen LogP contribution in [0.4, 0.5) is 5.00 Å². The van der Waals surface area contributed by atoms with Gasteiger partial charge in [0.1, 0.15) is 10.2 Å². The number of rotatable bonds is 4. The number of ether oxygens (including phenoxy) is 1. The predicted octanol–water partition coefficient (Wildman–Crippen LogP) is 5.80. The molecular formula is C15H12Cl4N2O3S. The molecular weight excluding hydrogens is 430 g/mol. The number of hydrogen-bond donors (Lipinski definition) is 1. The number of halogens is 4. The molecule has 2 heterocycles. The molecule has 5 nitrogen and oxygen atoms in total. The van der Waals surface area contributed by atoms with E-state index in [0.717, 1.165) is 10.4 Å². The fourth-order valence-electron chi connectivity index (χ4n) is 1.96. The van der Waals surface area contributed by atoms with Crippen molar-refractivity contribution in [2.24, 2.45) is 0 Å². The van der Waals surface area contributed by atoms with Crippen molar-refractivity contribution in [2.45, 2.75) is 20.8 Å². The van der Waals surface area contributed by atoms with Gasteiger partial charge < -0.3 is 10.1 Å². The quantitative estimate of drug-likeness (QED) is 0.480. The number of nitrogens with zero attached hydrogens (tertiary/aromatic N) is 1. The highest BCUT2D eigenvalue weighted by atomic mass is 35.5. The Balaban J connectivity index is 2.43.